The van der Waals surface area contributed by atoms with E-state index in [1.54, 1.807) is 49.9 Å². The number of allylic oxidation sites excluding steroid dienone is 2. The van der Waals surface area contributed by atoms with Gasteiger partial charge >= 0.3 is 0 Å². The van der Waals surface area contributed by atoms with Gasteiger partial charge in [-0.05, 0) is 59.5 Å². The summed E-state index contributed by atoms with van der Waals surface area (Å²) in [6.45, 7) is 0.388. The predicted molar refractivity (Wildman–Crippen MR) is 133 cm³/mol. The van der Waals surface area contributed by atoms with Crippen LogP contribution in [0.1, 0.15) is 23.1 Å². The van der Waals surface area contributed by atoms with Gasteiger partial charge in [0.25, 0.3) is 0 Å². The summed E-state index contributed by atoms with van der Waals surface area (Å²) in [5.41, 5.74) is 3.53. The van der Waals surface area contributed by atoms with E-state index >= 15 is 0 Å². The summed E-state index contributed by atoms with van der Waals surface area (Å²) < 4.78 is 11.2. The highest BCUT2D eigenvalue weighted by Crippen LogP contribution is 2.26. The summed E-state index contributed by atoms with van der Waals surface area (Å²) in [5.74, 6) is 0.663. The van der Waals surface area contributed by atoms with E-state index in [1.807, 2.05) is 42.6 Å². The fourth-order valence-corrected chi connectivity index (χ4v) is 3.47. The number of nitrogens with zero attached hydrogens (tertiary/aromatic N) is 1. The third-order valence-electron chi connectivity index (χ3n) is 5.20. The second-order valence-electron chi connectivity index (χ2n) is 7.62. The van der Waals surface area contributed by atoms with Crippen molar-refractivity contribution in [2.24, 2.45) is 0 Å². The zero-order chi connectivity index (χ0) is 23.8. The Morgan fingerprint density at radius 3 is 2.56 bits per heavy atom. The Morgan fingerprint density at radius 1 is 0.971 bits per heavy atom. The minimum Gasteiger partial charge on any atom is -0.496 e. The number of carbonyl (C=O) groups is 2. The normalized spacial score (nSPS) is 11.3. The first-order chi connectivity index (χ1) is 16.6. The molecule has 0 saturated carbocycles. The Labute approximate surface area is 197 Å². The van der Waals surface area contributed by atoms with Crippen LogP contribution in [0.2, 0.25) is 0 Å². The number of carbonyl (C=O) groups excluding carboxylic acids is 2. The van der Waals surface area contributed by atoms with Gasteiger partial charge in [-0.2, -0.15) is 0 Å². The number of nitrogens with one attached hydrogen (secondary N) is 1. The number of pyridine rings is 1. The number of benzene rings is 2. The summed E-state index contributed by atoms with van der Waals surface area (Å²) in [6, 6.07) is 17.0. The Kier molecular flexibility index (Phi) is 7.30. The van der Waals surface area contributed by atoms with Crippen LogP contribution in [0.3, 0.4) is 0 Å². The lowest BCUT2D eigenvalue weighted by molar-refractivity contribution is -0.121. The third-order valence-corrected chi connectivity index (χ3v) is 5.20. The molecule has 0 saturated heterocycles. The number of aromatic amines is 1. The summed E-state index contributed by atoms with van der Waals surface area (Å²) in [5, 5.41) is 1.07. The SMILES string of the molecule is COc1cc(OCc2cccnc2)ccc1/C=C/C(=O)CC(=O)/C=C/c1cccc2cc[nH]c12. The van der Waals surface area contributed by atoms with Crippen LogP contribution >= 0.6 is 0 Å². The zero-order valence-electron chi connectivity index (χ0n) is 18.7. The number of ketones is 2. The molecule has 0 amide bonds. The Morgan fingerprint density at radius 2 is 1.79 bits per heavy atom. The highest BCUT2D eigenvalue weighted by Gasteiger charge is 2.07. The Hall–Kier alpha value is -4.45. The molecule has 0 atom stereocenters. The number of para-hydroxylation sites is 1. The first kappa shape index (κ1) is 22.7. The molecular weight excluding hydrogens is 428 g/mol. The van der Waals surface area contributed by atoms with Crippen LogP contribution in [0.4, 0.5) is 0 Å². The smallest absolute Gasteiger partial charge is 0.163 e. The van der Waals surface area contributed by atoms with Crippen molar-refractivity contribution in [2.45, 2.75) is 13.0 Å². The molecule has 6 nitrogen and oxygen atoms in total. The van der Waals surface area contributed by atoms with Crippen LogP contribution in [0.25, 0.3) is 23.1 Å². The second-order valence-corrected chi connectivity index (χ2v) is 7.62. The Balaban J connectivity index is 1.35. The minimum absolute atomic E-state index is 0.206. The molecule has 4 rings (SSSR count). The summed E-state index contributed by atoms with van der Waals surface area (Å²) in [7, 11) is 1.55. The molecule has 0 radical (unpaired) electrons. The molecule has 0 fully saturated rings. The molecule has 0 bridgehead atoms. The fourth-order valence-electron chi connectivity index (χ4n) is 3.47. The number of ether oxygens (including phenoxy) is 2. The quantitative estimate of drug-likeness (QED) is 0.257. The molecule has 2 aromatic heterocycles. The van der Waals surface area contributed by atoms with Crippen LogP contribution in [0, 0.1) is 0 Å². The van der Waals surface area contributed by atoms with Gasteiger partial charge in [0.05, 0.1) is 19.0 Å². The highest BCUT2D eigenvalue weighted by atomic mass is 16.5. The lowest BCUT2D eigenvalue weighted by atomic mass is 10.1. The fraction of sp³-hybridized carbons (Fsp3) is 0.107. The second kappa shape index (κ2) is 10.9. The molecule has 4 aromatic rings. The van der Waals surface area contributed by atoms with Crippen molar-refractivity contribution in [3.05, 3.63) is 102 Å². The van der Waals surface area contributed by atoms with Gasteiger partial charge in [0.1, 0.15) is 18.1 Å². The van der Waals surface area contributed by atoms with Crippen LogP contribution in [0.5, 0.6) is 11.5 Å². The van der Waals surface area contributed by atoms with Crippen molar-refractivity contribution in [1.29, 1.82) is 0 Å². The molecule has 170 valence electrons. The van der Waals surface area contributed by atoms with Crippen LogP contribution in [0.15, 0.2) is 85.3 Å². The van der Waals surface area contributed by atoms with Crippen LogP contribution in [-0.4, -0.2) is 28.6 Å². The Bertz CT molecular complexity index is 1350. The molecule has 1 N–H and O–H groups in total. The van der Waals surface area contributed by atoms with E-state index in [0.29, 0.717) is 23.7 Å². The lowest BCUT2D eigenvalue weighted by Gasteiger charge is -2.10. The largest absolute Gasteiger partial charge is 0.496 e. The van der Waals surface area contributed by atoms with E-state index < -0.39 is 0 Å². The summed E-state index contributed by atoms with van der Waals surface area (Å²) in [6.07, 6.45) is 11.3. The molecule has 0 unspecified atom stereocenters. The average Bonchev–Trinajstić information content (AvgIpc) is 3.35. The third kappa shape index (κ3) is 5.86. The number of hydrogen-bond donors (Lipinski definition) is 1. The van der Waals surface area contributed by atoms with Crippen LogP contribution in [-0.2, 0) is 16.2 Å². The number of fused-ring (bicyclic) bond motifs is 1. The molecule has 0 aliphatic rings. The number of methoxy groups -OCH3 is 1. The maximum absolute atomic E-state index is 12.3. The van der Waals surface area contributed by atoms with E-state index in [2.05, 4.69) is 9.97 Å². The number of H-pyrrole nitrogens is 1. The van der Waals surface area contributed by atoms with Crippen molar-refractivity contribution in [1.82, 2.24) is 9.97 Å². The van der Waals surface area contributed by atoms with E-state index in [9.17, 15) is 9.59 Å². The van der Waals surface area contributed by atoms with E-state index in [0.717, 1.165) is 22.0 Å². The molecule has 2 aromatic carbocycles. The molecule has 34 heavy (non-hydrogen) atoms. The number of aromatic nitrogens is 2. The molecule has 0 aliphatic heterocycles. The van der Waals surface area contributed by atoms with Gasteiger partial charge in [-0.15, -0.1) is 0 Å². The molecule has 0 aliphatic carbocycles. The zero-order valence-corrected chi connectivity index (χ0v) is 18.7. The van der Waals surface area contributed by atoms with Crippen molar-refractivity contribution in [3.8, 4) is 11.5 Å². The lowest BCUT2D eigenvalue weighted by Crippen LogP contribution is -2.02. The maximum Gasteiger partial charge on any atom is 0.163 e. The summed E-state index contributed by atoms with van der Waals surface area (Å²) >= 11 is 0. The van der Waals surface area contributed by atoms with Gasteiger partial charge < -0.3 is 14.5 Å². The molecule has 6 heteroatoms. The minimum atomic E-state index is -0.285. The van der Waals surface area contributed by atoms with Gasteiger partial charge in [0.15, 0.2) is 11.6 Å². The monoisotopic (exact) mass is 452 g/mol. The van der Waals surface area contributed by atoms with Crippen molar-refractivity contribution in [3.63, 3.8) is 0 Å². The highest BCUT2D eigenvalue weighted by molar-refractivity contribution is 6.11. The van der Waals surface area contributed by atoms with Crippen molar-refractivity contribution in [2.75, 3.05) is 7.11 Å². The van der Waals surface area contributed by atoms with Gasteiger partial charge in [0.2, 0.25) is 0 Å². The maximum atomic E-state index is 12.3. The number of rotatable bonds is 10. The van der Waals surface area contributed by atoms with Crippen molar-refractivity contribution >= 4 is 34.6 Å². The number of hydrogen-bond acceptors (Lipinski definition) is 5. The van der Waals surface area contributed by atoms with Crippen LogP contribution < -0.4 is 9.47 Å². The first-order valence-corrected chi connectivity index (χ1v) is 10.8. The molecular formula is C28H24N2O4. The summed E-state index contributed by atoms with van der Waals surface area (Å²) in [4.78, 5) is 31.8. The first-order valence-electron chi connectivity index (χ1n) is 10.8. The predicted octanol–water partition coefficient (Wildman–Crippen LogP) is 5.41. The van der Waals surface area contributed by atoms with E-state index in [4.69, 9.17) is 9.47 Å². The van der Waals surface area contributed by atoms with Gasteiger partial charge in [-0.3, -0.25) is 14.6 Å². The van der Waals surface area contributed by atoms with E-state index in [-0.39, 0.29) is 18.0 Å². The van der Waals surface area contributed by atoms with Gasteiger partial charge in [-0.1, -0.05) is 24.3 Å². The molecule has 2 heterocycles. The standard InChI is InChI=1S/C28H24N2O4/c1-33-27-17-26(34-19-20-4-3-14-29-18-20)12-9-21(27)7-10-24(31)16-25(32)11-8-22-5-2-6-23-13-15-30-28(22)23/h2-15,17-18,30H,16,19H2,1H3/b10-7+,11-8+. The van der Waals surface area contributed by atoms with Crippen molar-refractivity contribution < 1.29 is 19.1 Å². The van der Waals surface area contributed by atoms with Gasteiger partial charge in [-0.25, -0.2) is 0 Å². The van der Waals surface area contributed by atoms with E-state index in [1.165, 1.54) is 12.2 Å². The topological polar surface area (TPSA) is 81.3 Å². The molecule has 0 spiro atoms. The van der Waals surface area contributed by atoms with Gasteiger partial charge in [0, 0.05) is 35.8 Å². The average molecular weight is 453 g/mol.